The second-order valence-corrected chi connectivity index (χ2v) is 7.17. The summed E-state index contributed by atoms with van der Waals surface area (Å²) in [7, 11) is -3.39. The van der Waals surface area contributed by atoms with Crippen molar-refractivity contribution in [2.45, 2.75) is 33.1 Å². The van der Waals surface area contributed by atoms with Gasteiger partial charge in [-0.3, -0.25) is 9.56 Å². The number of hydrogen-bond acceptors (Lipinski definition) is 4. The Morgan fingerprint density at radius 3 is 2.43 bits per heavy atom. The Morgan fingerprint density at radius 2 is 1.86 bits per heavy atom. The number of fused-ring (bicyclic) bond motifs is 1. The van der Waals surface area contributed by atoms with Crippen LogP contribution in [0.3, 0.4) is 0 Å². The highest BCUT2D eigenvalue weighted by molar-refractivity contribution is 7.58. The van der Waals surface area contributed by atoms with E-state index in [-0.39, 0.29) is 0 Å². The molecule has 5 heteroatoms. The Labute approximate surface area is 126 Å². The molecular weight excluding hydrogens is 285 g/mol. The van der Waals surface area contributed by atoms with Crippen LogP contribution in [0, 0.1) is 0 Å². The van der Waals surface area contributed by atoms with Gasteiger partial charge in [0.25, 0.3) is 0 Å². The molecule has 1 aliphatic heterocycles. The topological polar surface area (TPSA) is 47.9 Å². The largest absolute Gasteiger partial charge is 0.358 e. The van der Waals surface area contributed by atoms with Gasteiger partial charge in [-0.05, 0) is 39.3 Å². The average Bonchev–Trinajstić information content (AvgIpc) is 2.71. The van der Waals surface area contributed by atoms with E-state index in [0.717, 1.165) is 17.0 Å². The molecule has 0 radical (unpaired) electrons. The van der Waals surface area contributed by atoms with E-state index in [1.54, 1.807) is 13.8 Å². The summed E-state index contributed by atoms with van der Waals surface area (Å²) in [5.74, 6) is 0. The van der Waals surface area contributed by atoms with Crippen LogP contribution in [0.4, 0.5) is 5.69 Å². The maximum atomic E-state index is 13.1. The molecule has 0 amide bonds. The maximum Gasteiger partial charge on any atom is 0.358 e. The smallest absolute Gasteiger partial charge is 0.306 e. The number of para-hydroxylation sites is 1. The van der Waals surface area contributed by atoms with Crippen LogP contribution in [0.15, 0.2) is 41.2 Å². The third kappa shape index (κ3) is 2.52. The lowest BCUT2D eigenvalue weighted by atomic mass is 9.80. The van der Waals surface area contributed by atoms with Crippen molar-refractivity contribution in [2.24, 2.45) is 4.99 Å². The lowest BCUT2D eigenvalue weighted by molar-refractivity contribution is 0.224. The minimum atomic E-state index is -3.39. The summed E-state index contributed by atoms with van der Waals surface area (Å²) in [4.78, 5) is 4.58. The van der Waals surface area contributed by atoms with Crippen LogP contribution in [0.25, 0.3) is 0 Å². The molecule has 0 aliphatic carbocycles. The fourth-order valence-corrected chi connectivity index (χ4v) is 4.55. The molecule has 1 unspecified atom stereocenters. The van der Waals surface area contributed by atoms with Gasteiger partial charge in [-0.2, -0.15) is 0 Å². The lowest BCUT2D eigenvalue weighted by Crippen LogP contribution is -2.30. The van der Waals surface area contributed by atoms with E-state index >= 15 is 0 Å². The van der Waals surface area contributed by atoms with Crippen LogP contribution in [-0.4, -0.2) is 18.9 Å². The van der Waals surface area contributed by atoms with Crippen molar-refractivity contribution in [1.82, 2.24) is 0 Å². The second kappa shape index (κ2) is 5.88. The summed E-state index contributed by atoms with van der Waals surface area (Å²) in [6.45, 7) is 12.2. The van der Waals surface area contributed by atoms with E-state index in [1.807, 2.05) is 38.1 Å². The maximum absolute atomic E-state index is 13.1. The molecule has 21 heavy (non-hydrogen) atoms. The van der Waals surface area contributed by atoms with Gasteiger partial charge in [0.1, 0.15) is 0 Å². The summed E-state index contributed by atoms with van der Waals surface area (Å²) >= 11 is 0. The zero-order valence-corrected chi connectivity index (χ0v) is 13.9. The van der Waals surface area contributed by atoms with Crippen LogP contribution in [-0.2, 0) is 19.0 Å². The van der Waals surface area contributed by atoms with Crippen LogP contribution in [0.1, 0.15) is 33.3 Å². The molecule has 1 aromatic rings. The van der Waals surface area contributed by atoms with Gasteiger partial charge in [0.05, 0.1) is 29.6 Å². The summed E-state index contributed by atoms with van der Waals surface area (Å²) in [6.07, 6.45) is 0. The van der Waals surface area contributed by atoms with Crippen molar-refractivity contribution in [3.05, 3.63) is 41.7 Å². The normalized spacial score (nSPS) is 21.0. The predicted octanol–water partition coefficient (Wildman–Crippen LogP) is 4.83. The lowest BCUT2D eigenvalue weighted by Gasteiger charge is -2.32. The number of hydrogen-bond donors (Lipinski definition) is 0. The number of benzene rings is 1. The Kier molecular flexibility index (Phi) is 4.52. The van der Waals surface area contributed by atoms with Gasteiger partial charge in [0.15, 0.2) is 0 Å². The van der Waals surface area contributed by atoms with Crippen molar-refractivity contribution in [3.8, 4) is 0 Å². The van der Waals surface area contributed by atoms with Gasteiger partial charge < -0.3 is 9.05 Å². The molecule has 4 nitrogen and oxygen atoms in total. The molecule has 114 valence electrons. The number of aliphatic imine (C=N–C) groups is 1. The predicted molar refractivity (Wildman–Crippen MR) is 86.6 cm³/mol. The van der Waals surface area contributed by atoms with Gasteiger partial charge >= 0.3 is 7.60 Å². The van der Waals surface area contributed by atoms with Crippen LogP contribution in [0.5, 0.6) is 0 Å². The van der Waals surface area contributed by atoms with E-state index in [0.29, 0.717) is 18.5 Å². The highest BCUT2D eigenvalue weighted by Gasteiger charge is 2.47. The van der Waals surface area contributed by atoms with E-state index in [2.05, 4.69) is 11.6 Å². The van der Waals surface area contributed by atoms with Crippen LogP contribution >= 0.6 is 7.60 Å². The highest BCUT2D eigenvalue weighted by Crippen LogP contribution is 2.63. The molecule has 1 aliphatic rings. The standard InChI is InChI=1S/C16H22NO3P/c1-6-19-21(18,20-7-2)13(4)16(5)12(3)17-15-11-9-8-10-14(15)16/h8-11H,4,6-7H2,1-3,5H3. The Bertz CT molecular complexity index is 628. The monoisotopic (exact) mass is 307 g/mol. The Balaban J connectivity index is 2.51. The highest BCUT2D eigenvalue weighted by atomic mass is 31.2. The first-order valence-electron chi connectivity index (χ1n) is 7.14. The van der Waals surface area contributed by atoms with Gasteiger partial charge in [0.2, 0.25) is 0 Å². The molecule has 0 saturated heterocycles. The second-order valence-electron chi connectivity index (χ2n) is 5.12. The first-order chi connectivity index (χ1) is 9.90. The van der Waals surface area contributed by atoms with Gasteiger partial charge in [-0.25, -0.2) is 0 Å². The summed E-state index contributed by atoms with van der Waals surface area (Å²) in [5, 5.41) is 0.449. The SMILES string of the molecule is C=C(C1(C)C(C)=Nc2ccccc21)P(=O)(OCC)OCC. The zero-order chi connectivity index (χ0) is 15.7. The fourth-order valence-electron chi connectivity index (χ4n) is 2.65. The molecule has 0 N–H and O–H groups in total. The molecule has 0 aromatic heterocycles. The van der Waals surface area contributed by atoms with Gasteiger partial charge in [0, 0.05) is 5.71 Å². The molecule has 0 bridgehead atoms. The zero-order valence-electron chi connectivity index (χ0n) is 13.0. The van der Waals surface area contributed by atoms with E-state index in [9.17, 15) is 4.57 Å². The van der Waals surface area contributed by atoms with Crippen molar-refractivity contribution in [2.75, 3.05) is 13.2 Å². The summed E-state index contributed by atoms with van der Waals surface area (Å²) < 4.78 is 24.0. The van der Waals surface area contributed by atoms with Crippen molar-refractivity contribution < 1.29 is 13.6 Å². The van der Waals surface area contributed by atoms with Crippen LogP contribution < -0.4 is 0 Å². The molecule has 0 saturated carbocycles. The Hall–Kier alpha value is -1.22. The van der Waals surface area contributed by atoms with E-state index < -0.39 is 13.0 Å². The first kappa shape index (κ1) is 16.2. The molecule has 1 heterocycles. The average molecular weight is 307 g/mol. The van der Waals surface area contributed by atoms with Crippen molar-refractivity contribution in [3.63, 3.8) is 0 Å². The van der Waals surface area contributed by atoms with Gasteiger partial charge in [-0.1, -0.05) is 24.8 Å². The molecular formula is C16H22NO3P. The van der Waals surface area contributed by atoms with Crippen molar-refractivity contribution >= 4 is 19.0 Å². The summed E-state index contributed by atoms with van der Waals surface area (Å²) in [6, 6.07) is 7.83. The van der Waals surface area contributed by atoms with Crippen molar-refractivity contribution in [1.29, 1.82) is 0 Å². The molecule has 1 aromatic carbocycles. The number of rotatable bonds is 6. The quantitative estimate of drug-likeness (QED) is 0.707. The summed E-state index contributed by atoms with van der Waals surface area (Å²) in [5.41, 5.74) is 2.11. The number of allylic oxidation sites excluding steroid dienone is 1. The molecule has 1 atom stereocenters. The third-order valence-electron chi connectivity index (χ3n) is 3.96. The molecule has 2 rings (SSSR count). The minimum absolute atomic E-state index is 0.310. The molecule has 0 fully saturated rings. The first-order valence-corrected chi connectivity index (χ1v) is 8.68. The fraction of sp³-hybridized carbons (Fsp3) is 0.438. The Morgan fingerprint density at radius 1 is 1.29 bits per heavy atom. The third-order valence-corrected chi connectivity index (χ3v) is 6.26. The van der Waals surface area contributed by atoms with E-state index in [1.165, 1.54) is 0 Å². The van der Waals surface area contributed by atoms with Crippen LogP contribution in [0.2, 0.25) is 0 Å². The number of nitrogens with zero attached hydrogens (tertiary/aromatic N) is 1. The molecule has 0 spiro atoms. The van der Waals surface area contributed by atoms with E-state index in [4.69, 9.17) is 9.05 Å². The minimum Gasteiger partial charge on any atom is -0.306 e. The van der Waals surface area contributed by atoms with Gasteiger partial charge in [-0.15, -0.1) is 0 Å².